The van der Waals surface area contributed by atoms with E-state index in [1.165, 1.54) is 62.9 Å². The van der Waals surface area contributed by atoms with E-state index in [9.17, 15) is 4.39 Å². The lowest BCUT2D eigenvalue weighted by atomic mass is 9.83. The SMILES string of the molecule is Fc1cccc2cccnc12.c1cn2cncc2c(CC2CCCCC2)c1C1CC1. The highest BCUT2D eigenvalue weighted by atomic mass is 19.1. The molecule has 0 saturated heterocycles. The minimum atomic E-state index is -0.261. The highest BCUT2D eigenvalue weighted by Crippen LogP contribution is 2.43. The fourth-order valence-electron chi connectivity index (χ4n) is 4.81. The molecule has 0 N–H and O–H groups in total. The molecule has 3 heterocycles. The molecule has 2 saturated carbocycles. The summed E-state index contributed by atoms with van der Waals surface area (Å²) in [6.07, 6.45) is 19.0. The molecular formula is C26H28FN3. The van der Waals surface area contributed by atoms with Crippen LogP contribution in [-0.4, -0.2) is 14.4 Å². The fourth-order valence-corrected chi connectivity index (χ4v) is 4.81. The lowest BCUT2D eigenvalue weighted by molar-refractivity contribution is 0.356. The number of hydrogen-bond acceptors (Lipinski definition) is 2. The zero-order valence-electron chi connectivity index (χ0n) is 17.3. The van der Waals surface area contributed by atoms with Crippen molar-refractivity contribution in [3.63, 3.8) is 0 Å². The molecule has 1 aromatic carbocycles. The van der Waals surface area contributed by atoms with Crippen LogP contribution in [0.15, 0.2) is 61.3 Å². The van der Waals surface area contributed by atoms with Gasteiger partial charge in [0.05, 0.1) is 18.0 Å². The van der Waals surface area contributed by atoms with Crippen LogP contribution in [0, 0.1) is 11.7 Å². The smallest absolute Gasteiger partial charge is 0.149 e. The second-order valence-electron chi connectivity index (χ2n) is 8.73. The van der Waals surface area contributed by atoms with Gasteiger partial charge in [-0.25, -0.2) is 9.37 Å². The molecule has 154 valence electrons. The molecule has 0 atom stereocenters. The fraction of sp³-hybridized carbons (Fsp3) is 0.385. The van der Waals surface area contributed by atoms with Crippen LogP contribution in [0.2, 0.25) is 0 Å². The lowest BCUT2D eigenvalue weighted by Crippen LogP contribution is -2.11. The Labute approximate surface area is 177 Å². The van der Waals surface area contributed by atoms with Crippen molar-refractivity contribution in [1.29, 1.82) is 0 Å². The van der Waals surface area contributed by atoms with E-state index < -0.39 is 0 Å². The summed E-state index contributed by atoms with van der Waals surface area (Å²) in [6, 6.07) is 10.9. The molecule has 6 rings (SSSR count). The van der Waals surface area contributed by atoms with Gasteiger partial charge in [0.2, 0.25) is 0 Å². The summed E-state index contributed by atoms with van der Waals surface area (Å²) in [6.45, 7) is 0. The van der Waals surface area contributed by atoms with Crippen molar-refractivity contribution in [2.75, 3.05) is 0 Å². The van der Waals surface area contributed by atoms with E-state index in [2.05, 4.69) is 32.8 Å². The second kappa shape index (κ2) is 8.55. The Morgan fingerprint density at radius 2 is 1.80 bits per heavy atom. The Morgan fingerprint density at radius 1 is 0.967 bits per heavy atom. The summed E-state index contributed by atoms with van der Waals surface area (Å²) in [4.78, 5) is 8.24. The zero-order chi connectivity index (χ0) is 20.3. The maximum atomic E-state index is 12.9. The van der Waals surface area contributed by atoms with Gasteiger partial charge in [-0.05, 0) is 60.4 Å². The Morgan fingerprint density at radius 3 is 2.60 bits per heavy atom. The third kappa shape index (κ3) is 4.09. The highest BCUT2D eigenvalue weighted by molar-refractivity contribution is 5.78. The third-order valence-electron chi connectivity index (χ3n) is 6.56. The standard InChI is InChI=1S/C17H22N2.C9H6FN/c1-2-4-13(5-3-1)10-16-15(14-6-7-14)8-9-19-12-18-11-17(16)19;10-8-5-1-3-7-4-2-6-11-9(7)8/h8-9,11-14H,1-7,10H2;1-6H. The average Bonchev–Trinajstić information content (AvgIpc) is 3.52. The van der Waals surface area contributed by atoms with Gasteiger partial charge in [0.15, 0.2) is 0 Å². The average molecular weight is 402 g/mol. The number of aromatic nitrogens is 3. The van der Waals surface area contributed by atoms with Gasteiger partial charge in [-0.2, -0.15) is 0 Å². The van der Waals surface area contributed by atoms with Gasteiger partial charge in [0, 0.05) is 17.8 Å². The number of fused-ring (bicyclic) bond motifs is 2. The monoisotopic (exact) mass is 401 g/mol. The van der Waals surface area contributed by atoms with Crippen molar-refractivity contribution >= 4 is 16.4 Å². The van der Waals surface area contributed by atoms with Crippen LogP contribution in [0.3, 0.4) is 0 Å². The molecule has 0 bridgehead atoms. The van der Waals surface area contributed by atoms with Crippen LogP contribution < -0.4 is 0 Å². The van der Waals surface area contributed by atoms with Crippen molar-refractivity contribution in [3.05, 3.63) is 78.3 Å². The number of halogens is 1. The number of nitrogens with zero attached hydrogens (tertiary/aromatic N) is 3. The van der Waals surface area contributed by atoms with Gasteiger partial charge in [0.25, 0.3) is 0 Å². The molecule has 0 aliphatic heterocycles. The van der Waals surface area contributed by atoms with Crippen LogP contribution in [0.1, 0.15) is 62.0 Å². The van der Waals surface area contributed by atoms with E-state index in [1.807, 2.05) is 18.5 Å². The number of benzene rings is 1. The van der Waals surface area contributed by atoms with Crippen LogP contribution in [0.25, 0.3) is 16.4 Å². The maximum Gasteiger partial charge on any atom is 0.149 e. The van der Waals surface area contributed by atoms with E-state index >= 15 is 0 Å². The van der Waals surface area contributed by atoms with Crippen LogP contribution in [0.4, 0.5) is 4.39 Å². The van der Waals surface area contributed by atoms with Crippen LogP contribution in [0.5, 0.6) is 0 Å². The molecule has 0 amide bonds. The van der Waals surface area contributed by atoms with Crippen molar-refractivity contribution in [3.8, 4) is 0 Å². The maximum absolute atomic E-state index is 12.9. The molecule has 4 aromatic rings. The molecule has 30 heavy (non-hydrogen) atoms. The Balaban J connectivity index is 0.000000149. The van der Waals surface area contributed by atoms with Crippen molar-refractivity contribution in [2.24, 2.45) is 5.92 Å². The molecular weight excluding hydrogens is 373 g/mol. The molecule has 4 heteroatoms. The summed E-state index contributed by atoms with van der Waals surface area (Å²) >= 11 is 0. The van der Waals surface area contributed by atoms with Crippen LogP contribution >= 0.6 is 0 Å². The highest BCUT2D eigenvalue weighted by Gasteiger charge is 2.28. The van der Waals surface area contributed by atoms with Gasteiger partial charge in [0.1, 0.15) is 11.3 Å². The minimum Gasteiger partial charge on any atom is -0.306 e. The van der Waals surface area contributed by atoms with Gasteiger partial charge in [-0.15, -0.1) is 0 Å². The summed E-state index contributed by atoms with van der Waals surface area (Å²) < 4.78 is 15.1. The van der Waals surface area contributed by atoms with Crippen LogP contribution in [-0.2, 0) is 6.42 Å². The second-order valence-corrected chi connectivity index (χ2v) is 8.73. The summed E-state index contributed by atoms with van der Waals surface area (Å²) in [5.41, 5.74) is 5.03. The number of para-hydroxylation sites is 1. The largest absolute Gasteiger partial charge is 0.306 e. The van der Waals surface area contributed by atoms with E-state index in [0.29, 0.717) is 5.52 Å². The van der Waals surface area contributed by atoms with Gasteiger partial charge in [-0.1, -0.05) is 50.3 Å². The van der Waals surface area contributed by atoms with E-state index in [1.54, 1.807) is 29.5 Å². The van der Waals surface area contributed by atoms with E-state index in [4.69, 9.17) is 0 Å². The molecule has 2 aliphatic rings. The predicted molar refractivity (Wildman–Crippen MR) is 119 cm³/mol. The molecule has 3 nitrogen and oxygen atoms in total. The summed E-state index contributed by atoms with van der Waals surface area (Å²) in [5, 5.41) is 0.840. The number of imidazole rings is 1. The number of hydrogen-bond donors (Lipinski definition) is 0. The molecule has 3 aromatic heterocycles. The molecule has 2 aliphatic carbocycles. The van der Waals surface area contributed by atoms with Crippen molar-refractivity contribution in [1.82, 2.24) is 14.4 Å². The van der Waals surface area contributed by atoms with E-state index in [0.717, 1.165) is 17.2 Å². The Hall–Kier alpha value is -2.75. The topological polar surface area (TPSA) is 30.2 Å². The number of pyridine rings is 2. The normalized spacial score (nSPS) is 17.1. The number of rotatable bonds is 3. The lowest BCUT2D eigenvalue weighted by Gasteiger charge is -2.23. The van der Waals surface area contributed by atoms with Crippen molar-refractivity contribution < 1.29 is 4.39 Å². The minimum absolute atomic E-state index is 0.261. The van der Waals surface area contributed by atoms with Gasteiger partial charge < -0.3 is 4.40 Å². The Kier molecular flexibility index (Phi) is 5.48. The Bertz CT molecular complexity index is 1130. The quantitative estimate of drug-likeness (QED) is 0.382. The van der Waals surface area contributed by atoms with Crippen molar-refractivity contribution in [2.45, 2.75) is 57.3 Å². The molecule has 2 fully saturated rings. The third-order valence-corrected chi connectivity index (χ3v) is 6.56. The summed E-state index contributed by atoms with van der Waals surface area (Å²) in [7, 11) is 0. The first kappa shape index (κ1) is 19.2. The first-order valence-corrected chi connectivity index (χ1v) is 11.2. The first-order chi connectivity index (χ1) is 14.8. The van der Waals surface area contributed by atoms with E-state index in [-0.39, 0.29) is 5.82 Å². The predicted octanol–water partition coefficient (Wildman–Crippen LogP) is 6.71. The molecule has 0 spiro atoms. The molecule has 0 radical (unpaired) electrons. The summed E-state index contributed by atoms with van der Waals surface area (Å²) in [5.74, 6) is 1.49. The van der Waals surface area contributed by atoms with Gasteiger partial charge in [-0.3, -0.25) is 4.98 Å². The van der Waals surface area contributed by atoms with Gasteiger partial charge >= 0.3 is 0 Å². The molecule has 0 unspecified atom stereocenters. The first-order valence-electron chi connectivity index (χ1n) is 11.2. The zero-order valence-corrected chi connectivity index (χ0v) is 17.3.